The van der Waals surface area contributed by atoms with E-state index in [0.717, 1.165) is 51.1 Å². The number of anilines is 1. The number of piperidine rings is 1. The van der Waals surface area contributed by atoms with Crippen molar-refractivity contribution >= 4 is 11.7 Å². The number of nitrogens with zero attached hydrogens (tertiary/aromatic N) is 3. The van der Waals surface area contributed by atoms with Gasteiger partial charge in [-0.25, -0.2) is 0 Å². The highest BCUT2D eigenvalue weighted by atomic mass is 16.2. The topological polar surface area (TPSA) is 70.2 Å². The molecule has 2 N–H and O–H groups in total. The first-order valence-electron chi connectivity index (χ1n) is 7.39. The molecule has 0 radical (unpaired) electrons. The number of hydrogen-bond acceptors (Lipinski definition) is 5. The van der Waals surface area contributed by atoms with Crippen LogP contribution in [0.1, 0.15) is 25.7 Å². The second-order valence-electron chi connectivity index (χ2n) is 5.50. The molecule has 1 aromatic heterocycles. The van der Waals surface area contributed by atoms with Crippen LogP contribution < -0.4 is 10.6 Å². The van der Waals surface area contributed by atoms with E-state index in [0.29, 0.717) is 6.04 Å². The van der Waals surface area contributed by atoms with E-state index >= 15 is 0 Å². The Kier molecular flexibility index (Phi) is 4.11. The fourth-order valence-corrected chi connectivity index (χ4v) is 2.95. The zero-order valence-electron chi connectivity index (χ0n) is 11.6. The first-order valence-corrected chi connectivity index (χ1v) is 7.39. The van der Waals surface area contributed by atoms with E-state index in [9.17, 15) is 4.79 Å². The minimum absolute atomic E-state index is 0.0551. The molecule has 6 heteroatoms. The Bertz CT molecular complexity index is 438. The number of likely N-dealkylation sites (tertiary alicyclic amines) is 1. The summed E-state index contributed by atoms with van der Waals surface area (Å²) in [5.41, 5.74) is 0. The summed E-state index contributed by atoms with van der Waals surface area (Å²) in [6, 6.07) is 4.24. The van der Waals surface area contributed by atoms with Crippen LogP contribution in [0.2, 0.25) is 0 Å². The van der Waals surface area contributed by atoms with Gasteiger partial charge in [0.25, 0.3) is 0 Å². The van der Waals surface area contributed by atoms with Crippen LogP contribution in [0.4, 0.5) is 5.82 Å². The highest BCUT2D eigenvalue weighted by Crippen LogP contribution is 2.17. The van der Waals surface area contributed by atoms with Gasteiger partial charge in [-0.3, -0.25) is 4.79 Å². The van der Waals surface area contributed by atoms with Crippen LogP contribution in [-0.2, 0) is 4.79 Å². The molecule has 0 bridgehead atoms. The molecule has 0 saturated carbocycles. The average molecular weight is 275 g/mol. The fourth-order valence-electron chi connectivity index (χ4n) is 2.95. The zero-order chi connectivity index (χ0) is 13.8. The monoisotopic (exact) mass is 275 g/mol. The summed E-state index contributed by atoms with van der Waals surface area (Å²) in [6.45, 7) is 2.63. The van der Waals surface area contributed by atoms with Gasteiger partial charge in [-0.2, -0.15) is 5.10 Å². The number of carbonyl (C=O) groups excluding carboxylic acids is 1. The van der Waals surface area contributed by atoms with Gasteiger partial charge in [0.1, 0.15) is 5.82 Å². The molecule has 20 heavy (non-hydrogen) atoms. The lowest BCUT2D eigenvalue weighted by Gasteiger charge is -2.34. The van der Waals surface area contributed by atoms with Crippen molar-refractivity contribution in [2.24, 2.45) is 0 Å². The Morgan fingerprint density at radius 2 is 2.20 bits per heavy atom. The molecule has 2 aliphatic rings. The summed E-state index contributed by atoms with van der Waals surface area (Å²) in [6.07, 6.45) is 5.70. The third-order valence-electron chi connectivity index (χ3n) is 4.09. The average Bonchev–Trinajstić information content (AvgIpc) is 3.03. The Balaban J connectivity index is 1.48. The molecule has 108 valence electrons. The van der Waals surface area contributed by atoms with E-state index in [2.05, 4.69) is 20.8 Å². The summed E-state index contributed by atoms with van der Waals surface area (Å²) in [5, 5.41) is 14.6. The molecule has 0 aromatic carbocycles. The van der Waals surface area contributed by atoms with Crippen molar-refractivity contribution in [3.05, 3.63) is 18.3 Å². The van der Waals surface area contributed by atoms with E-state index in [-0.39, 0.29) is 11.9 Å². The molecule has 1 unspecified atom stereocenters. The second kappa shape index (κ2) is 6.17. The van der Waals surface area contributed by atoms with Crippen LogP contribution in [0.3, 0.4) is 0 Å². The summed E-state index contributed by atoms with van der Waals surface area (Å²) in [7, 11) is 0. The third kappa shape index (κ3) is 3.07. The first-order chi connectivity index (χ1) is 9.83. The third-order valence-corrected chi connectivity index (χ3v) is 4.09. The normalized spacial score (nSPS) is 23.8. The van der Waals surface area contributed by atoms with Gasteiger partial charge in [-0.05, 0) is 44.4 Å². The molecule has 1 aromatic rings. The van der Waals surface area contributed by atoms with Crippen LogP contribution >= 0.6 is 0 Å². The Hall–Kier alpha value is -1.69. The Labute approximate surface area is 118 Å². The van der Waals surface area contributed by atoms with Gasteiger partial charge in [0.15, 0.2) is 0 Å². The molecule has 2 aliphatic heterocycles. The molecule has 0 aliphatic carbocycles. The van der Waals surface area contributed by atoms with Gasteiger partial charge in [0, 0.05) is 25.3 Å². The second-order valence-corrected chi connectivity index (χ2v) is 5.50. The van der Waals surface area contributed by atoms with E-state index in [4.69, 9.17) is 0 Å². The lowest BCUT2D eigenvalue weighted by atomic mass is 10.0. The standard InChI is InChI=1S/C14H21N5O/c20-14(12-3-1-7-15-12)19-9-5-11(6-10-19)17-13-4-2-8-16-18-13/h2,4,8,11-12,15H,1,3,5-7,9-10H2,(H,17,18). The summed E-state index contributed by atoms with van der Waals surface area (Å²) >= 11 is 0. The minimum Gasteiger partial charge on any atom is -0.366 e. The summed E-state index contributed by atoms with van der Waals surface area (Å²) < 4.78 is 0. The molecule has 6 nitrogen and oxygen atoms in total. The van der Waals surface area contributed by atoms with E-state index in [1.54, 1.807) is 6.20 Å². The van der Waals surface area contributed by atoms with Crippen molar-refractivity contribution in [3.8, 4) is 0 Å². The van der Waals surface area contributed by atoms with Gasteiger partial charge in [0.2, 0.25) is 5.91 Å². The first kappa shape index (κ1) is 13.3. The molecule has 1 amide bonds. The van der Waals surface area contributed by atoms with Gasteiger partial charge in [0.05, 0.1) is 6.04 Å². The quantitative estimate of drug-likeness (QED) is 0.847. The molecule has 0 spiro atoms. The SMILES string of the molecule is O=C(C1CCCN1)N1CCC(Nc2cccnn2)CC1. The van der Waals surface area contributed by atoms with Crippen molar-refractivity contribution in [2.45, 2.75) is 37.8 Å². The maximum atomic E-state index is 12.3. The minimum atomic E-state index is 0.0551. The number of carbonyl (C=O) groups is 1. The largest absolute Gasteiger partial charge is 0.366 e. The van der Waals surface area contributed by atoms with Gasteiger partial charge in [-0.1, -0.05) is 0 Å². The maximum absolute atomic E-state index is 12.3. The molecular formula is C14H21N5O. The molecule has 1 atom stereocenters. The van der Waals surface area contributed by atoms with Crippen LogP contribution in [0.5, 0.6) is 0 Å². The predicted octanol–water partition coefficient (Wildman–Crippen LogP) is 0.631. The van der Waals surface area contributed by atoms with E-state index < -0.39 is 0 Å². The van der Waals surface area contributed by atoms with E-state index in [1.165, 1.54) is 0 Å². The molecular weight excluding hydrogens is 254 g/mol. The molecule has 3 heterocycles. The van der Waals surface area contributed by atoms with Crippen molar-refractivity contribution < 1.29 is 4.79 Å². The lowest BCUT2D eigenvalue weighted by molar-refractivity contribution is -0.134. The Morgan fingerprint density at radius 1 is 1.35 bits per heavy atom. The Morgan fingerprint density at radius 3 is 2.85 bits per heavy atom. The summed E-state index contributed by atoms with van der Waals surface area (Å²) in [4.78, 5) is 14.3. The van der Waals surface area contributed by atoms with Crippen LogP contribution in [0.15, 0.2) is 18.3 Å². The van der Waals surface area contributed by atoms with Crippen molar-refractivity contribution in [3.63, 3.8) is 0 Å². The van der Waals surface area contributed by atoms with Crippen LogP contribution in [0, 0.1) is 0 Å². The maximum Gasteiger partial charge on any atom is 0.239 e. The lowest BCUT2D eigenvalue weighted by Crippen LogP contribution is -2.48. The molecule has 3 rings (SSSR count). The number of nitrogens with one attached hydrogen (secondary N) is 2. The number of aromatic nitrogens is 2. The smallest absolute Gasteiger partial charge is 0.239 e. The highest BCUT2D eigenvalue weighted by Gasteiger charge is 2.29. The van der Waals surface area contributed by atoms with Crippen molar-refractivity contribution in [1.82, 2.24) is 20.4 Å². The predicted molar refractivity (Wildman–Crippen MR) is 76.3 cm³/mol. The highest BCUT2D eigenvalue weighted by molar-refractivity contribution is 5.82. The summed E-state index contributed by atoms with van der Waals surface area (Å²) in [5.74, 6) is 1.09. The zero-order valence-corrected chi connectivity index (χ0v) is 11.6. The molecule has 2 fully saturated rings. The number of amides is 1. The van der Waals surface area contributed by atoms with E-state index in [1.807, 2.05) is 17.0 Å². The van der Waals surface area contributed by atoms with Crippen molar-refractivity contribution in [2.75, 3.05) is 25.0 Å². The van der Waals surface area contributed by atoms with Gasteiger partial charge >= 0.3 is 0 Å². The van der Waals surface area contributed by atoms with Crippen LogP contribution in [-0.4, -0.2) is 52.7 Å². The number of rotatable bonds is 3. The van der Waals surface area contributed by atoms with Crippen molar-refractivity contribution in [1.29, 1.82) is 0 Å². The number of hydrogen-bond donors (Lipinski definition) is 2. The van der Waals surface area contributed by atoms with Crippen LogP contribution in [0.25, 0.3) is 0 Å². The van der Waals surface area contributed by atoms with Gasteiger partial charge in [-0.15, -0.1) is 5.10 Å². The fraction of sp³-hybridized carbons (Fsp3) is 0.643. The van der Waals surface area contributed by atoms with Gasteiger partial charge < -0.3 is 15.5 Å². The molecule has 2 saturated heterocycles.